The van der Waals surface area contributed by atoms with Crippen molar-refractivity contribution in [3.63, 3.8) is 0 Å². The normalized spacial score (nSPS) is 16.7. The summed E-state index contributed by atoms with van der Waals surface area (Å²) in [6, 6.07) is 5.50. The molecular weight excluding hydrogens is 363 g/mol. The van der Waals surface area contributed by atoms with Crippen LogP contribution in [0.5, 0.6) is 0 Å². The van der Waals surface area contributed by atoms with Crippen LogP contribution in [-0.4, -0.2) is 45.1 Å². The molecule has 130 valence electrons. The standard InChI is InChI=1S/C17H22Cl2N4S/c1-12-5-7-22(8-6-12)9-10-24-17-20-13(2)23(21-17)14-3-4-15(18)16(19)11-14/h3-4,11-12H,5-10H2,1-2H3. The highest BCUT2D eigenvalue weighted by Gasteiger charge is 2.16. The number of piperidine rings is 1. The van der Waals surface area contributed by atoms with E-state index in [-0.39, 0.29) is 0 Å². The monoisotopic (exact) mass is 384 g/mol. The molecule has 0 radical (unpaired) electrons. The van der Waals surface area contributed by atoms with Gasteiger partial charge in [0, 0.05) is 12.3 Å². The van der Waals surface area contributed by atoms with E-state index in [0.29, 0.717) is 10.0 Å². The molecule has 1 aromatic heterocycles. The highest BCUT2D eigenvalue weighted by molar-refractivity contribution is 7.99. The molecule has 1 aromatic carbocycles. The highest BCUT2D eigenvalue weighted by atomic mass is 35.5. The molecule has 0 N–H and O–H groups in total. The van der Waals surface area contributed by atoms with Gasteiger partial charge in [-0.2, -0.15) is 0 Å². The number of rotatable bonds is 5. The van der Waals surface area contributed by atoms with Gasteiger partial charge in [0.1, 0.15) is 5.82 Å². The summed E-state index contributed by atoms with van der Waals surface area (Å²) in [6.45, 7) is 7.82. The van der Waals surface area contributed by atoms with Gasteiger partial charge in [-0.1, -0.05) is 41.9 Å². The minimum Gasteiger partial charge on any atom is -0.302 e. The lowest BCUT2D eigenvalue weighted by Crippen LogP contribution is -2.34. The Bertz CT molecular complexity index is 696. The molecule has 3 rings (SSSR count). The predicted molar refractivity (Wildman–Crippen MR) is 102 cm³/mol. The van der Waals surface area contributed by atoms with E-state index in [1.54, 1.807) is 17.8 Å². The fourth-order valence-electron chi connectivity index (χ4n) is 2.84. The van der Waals surface area contributed by atoms with Crippen LogP contribution in [0.15, 0.2) is 23.4 Å². The smallest absolute Gasteiger partial charge is 0.209 e. The van der Waals surface area contributed by atoms with Crippen molar-refractivity contribution < 1.29 is 0 Å². The van der Waals surface area contributed by atoms with Gasteiger partial charge in [-0.3, -0.25) is 0 Å². The van der Waals surface area contributed by atoms with Crippen LogP contribution in [0.25, 0.3) is 5.69 Å². The Hall–Kier alpha value is -0.750. The zero-order valence-corrected chi connectivity index (χ0v) is 16.3. The third-order valence-corrected chi connectivity index (χ3v) is 5.97. The molecule has 0 unspecified atom stereocenters. The summed E-state index contributed by atoms with van der Waals surface area (Å²) >= 11 is 13.8. The Morgan fingerprint density at radius 2 is 1.96 bits per heavy atom. The zero-order chi connectivity index (χ0) is 17.1. The lowest BCUT2D eigenvalue weighted by molar-refractivity contribution is 0.203. The molecule has 1 aliphatic rings. The van der Waals surface area contributed by atoms with Gasteiger partial charge in [0.05, 0.1) is 15.7 Å². The summed E-state index contributed by atoms with van der Waals surface area (Å²) in [6.07, 6.45) is 2.63. The number of hydrogen-bond acceptors (Lipinski definition) is 4. The lowest BCUT2D eigenvalue weighted by atomic mass is 9.99. The minimum absolute atomic E-state index is 0.526. The fourth-order valence-corrected chi connectivity index (χ4v) is 4.00. The lowest BCUT2D eigenvalue weighted by Gasteiger charge is -2.29. The molecule has 24 heavy (non-hydrogen) atoms. The molecule has 0 atom stereocenters. The van der Waals surface area contributed by atoms with Crippen LogP contribution in [-0.2, 0) is 0 Å². The first-order valence-corrected chi connectivity index (χ1v) is 10.0. The topological polar surface area (TPSA) is 34.0 Å². The van der Waals surface area contributed by atoms with E-state index >= 15 is 0 Å². The Balaban J connectivity index is 1.58. The summed E-state index contributed by atoms with van der Waals surface area (Å²) in [7, 11) is 0. The summed E-state index contributed by atoms with van der Waals surface area (Å²) in [5.74, 6) is 2.74. The average Bonchev–Trinajstić information content (AvgIpc) is 2.93. The van der Waals surface area contributed by atoms with Crippen LogP contribution in [0.1, 0.15) is 25.6 Å². The van der Waals surface area contributed by atoms with Crippen molar-refractivity contribution in [3.8, 4) is 5.69 Å². The first-order valence-electron chi connectivity index (χ1n) is 8.27. The molecule has 0 aliphatic carbocycles. The summed E-state index contributed by atoms with van der Waals surface area (Å²) in [5, 5.41) is 6.47. The maximum absolute atomic E-state index is 6.10. The van der Waals surface area contributed by atoms with Crippen molar-refractivity contribution in [2.24, 2.45) is 5.92 Å². The van der Waals surface area contributed by atoms with Gasteiger partial charge >= 0.3 is 0 Å². The van der Waals surface area contributed by atoms with Crippen LogP contribution in [0.4, 0.5) is 0 Å². The molecule has 4 nitrogen and oxygen atoms in total. The Morgan fingerprint density at radius 1 is 1.21 bits per heavy atom. The van der Waals surface area contributed by atoms with E-state index in [9.17, 15) is 0 Å². The number of halogens is 2. The first kappa shape index (κ1) is 18.1. The number of likely N-dealkylation sites (tertiary alicyclic amines) is 1. The van der Waals surface area contributed by atoms with E-state index in [2.05, 4.69) is 21.9 Å². The maximum Gasteiger partial charge on any atom is 0.209 e. The van der Waals surface area contributed by atoms with E-state index < -0.39 is 0 Å². The van der Waals surface area contributed by atoms with Gasteiger partial charge in [-0.05, 0) is 57.0 Å². The quantitative estimate of drug-likeness (QED) is 0.699. The third-order valence-electron chi connectivity index (χ3n) is 4.41. The van der Waals surface area contributed by atoms with E-state index in [1.807, 2.05) is 23.7 Å². The molecule has 2 heterocycles. The fraction of sp³-hybridized carbons (Fsp3) is 0.529. The number of aryl methyl sites for hydroxylation is 1. The van der Waals surface area contributed by atoms with Crippen molar-refractivity contribution in [1.29, 1.82) is 0 Å². The summed E-state index contributed by atoms with van der Waals surface area (Å²) < 4.78 is 1.81. The Morgan fingerprint density at radius 3 is 2.67 bits per heavy atom. The average molecular weight is 385 g/mol. The second-order valence-electron chi connectivity index (χ2n) is 6.32. The van der Waals surface area contributed by atoms with Crippen molar-refractivity contribution in [3.05, 3.63) is 34.1 Å². The highest BCUT2D eigenvalue weighted by Crippen LogP contribution is 2.25. The van der Waals surface area contributed by atoms with Crippen LogP contribution in [0.2, 0.25) is 10.0 Å². The van der Waals surface area contributed by atoms with E-state index in [4.69, 9.17) is 23.2 Å². The summed E-state index contributed by atoms with van der Waals surface area (Å²) in [4.78, 5) is 7.09. The molecule has 7 heteroatoms. The zero-order valence-electron chi connectivity index (χ0n) is 14.0. The molecule has 0 bridgehead atoms. The van der Waals surface area contributed by atoms with Gasteiger partial charge in [0.15, 0.2) is 0 Å². The van der Waals surface area contributed by atoms with E-state index in [1.165, 1.54) is 25.9 Å². The van der Waals surface area contributed by atoms with Crippen LogP contribution < -0.4 is 0 Å². The van der Waals surface area contributed by atoms with Gasteiger partial charge in [-0.25, -0.2) is 9.67 Å². The minimum atomic E-state index is 0.526. The number of nitrogens with zero attached hydrogens (tertiary/aromatic N) is 4. The van der Waals surface area contributed by atoms with Crippen LogP contribution in [0.3, 0.4) is 0 Å². The second-order valence-corrected chi connectivity index (χ2v) is 8.20. The third kappa shape index (κ3) is 4.45. The molecule has 0 spiro atoms. The van der Waals surface area contributed by atoms with Crippen LogP contribution >= 0.6 is 35.0 Å². The molecule has 1 aliphatic heterocycles. The van der Waals surface area contributed by atoms with Gasteiger partial charge < -0.3 is 4.90 Å². The molecule has 2 aromatic rings. The van der Waals surface area contributed by atoms with Gasteiger partial charge in [-0.15, -0.1) is 5.10 Å². The van der Waals surface area contributed by atoms with Crippen LogP contribution in [0, 0.1) is 12.8 Å². The molecular formula is C17H22Cl2N4S. The molecule has 1 fully saturated rings. The molecule has 0 saturated carbocycles. The number of hydrogen-bond donors (Lipinski definition) is 0. The summed E-state index contributed by atoms with van der Waals surface area (Å²) in [5.41, 5.74) is 0.881. The Kier molecular flexibility index (Phi) is 6.08. The Labute approximate surface area is 157 Å². The molecule has 0 amide bonds. The van der Waals surface area contributed by atoms with Crippen molar-refractivity contribution in [1.82, 2.24) is 19.7 Å². The molecule has 1 saturated heterocycles. The number of benzene rings is 1. The number of aromatic nitrogens is 3. The predicted octanol–water partition coefficient (Wildman–Crippen LogP) is 4.71. The van der Waals surface area contributed by atoms with Crippen molar-refractivity contribution in [2.75, 3.05) is 25.4 Å². The van der Waals surface area contributed by atoms with Gasteiger partial charge in [0.2, 0.25) is 5.16 Å². The SMILES string of the molecule is Cc1nc(SCCN2CCC(C)CC2)nn1-c1ccc(Cl)c(Cl)c1. The van der Waals surface area contributed by atoms with Crippen molar-refractivity contribution >= 4 is 35.0 Å². The maximum atomic E-state index is 6.10. The van der Waals surface area contributed by atoms with Gasteiger partial charge in [0.25, 0.3) is 0 Å². The van der Waals surface area contributed by atoms with Crippen molar-refractivity contribution in [2.45, 2.75) is 31.8 Å². The van der Waals surface area contributed by atoms with E-state index in [0.717, 1.165) is 34.9 Å². The first-order chi connectivity index (χ1) is 11.5. The largest absolute Gasteiger partial charge is 0.302 e. The number of thioether (sulfide) groups is 1. The second kappa shape index (κ2) is 8.09.